The van der Waals surface area contributed by atoms with E-state index in [0.29, 0.717) is 12.0 Å². The molecule has 1 aromatic carbocycles. The molecule has 0 bridgehead atoms. The van der Waals surface area contributed by atoms with Gasteiger partial charge in [0.25, 0.3) is 0 Å². The molecule has 0 aliphatic rings. The van der Waals surface area contributed by atoms with Gasteiger partial charge in [0.2, 0.25) is 0 Å². The highest BCUT2D eigenvalue weighted by Crippen LogP contribution is 2.23. The van der Waals surface area contributed by atoms with Gasteiger partial charge in [-0.05, 0) is 55.7 Å². The Hall–Kier alpha value is -1.57. The molecule has 0 atom stereocenters. The quantitative estimate of drug-likeness (QED) is 0.786. The largest absolute Gasteiger partial charge is 0.507 e. The molecule has 0 saturated heterocycles. The van der Waals surface area contributed by atoms with Crippen LogP contribution in [0.3, 0.4) is 0 Å². The zero-order valence-electron chi connectivity index (χ0n) is 10.1. The Morgan fingerprint density at radius 1 is 1.31 bits per heavy atom. The molecule has 0 unspecified atom stereocenters. The van der Waals surface area contributed by atoms with Crippen molar-refractivity contribution in [3.8, 4) is 5.75 Å². The molecule has 1 rings (SSSR count). The summed E-state index contributed by atoms with van der Waals surface area (Å²) in [5.41, 5.74) is 2.86. The number of hydrogen-bond acceptors (Lipinski definition) is 2. The van der Waals surface area contributed by atoms with Gasteiger partial charge in [0.1, 0.15) is 5.75 Å². The van der Waals surface area contributed by atoms with Crippen LogP contribution in [0.25, 0.3) is 6.08 Å². The summed E-state index contributed by atoms with van der Waals surface area (Å²) in [5.74, 6) is 0.323. The van der Waals surface area contributed by atoms with Crippen molar-refractivity contribution >= 4 is 11.9 Å². The maximum absolute atomic E-state index is 11.3. The van der Waals surface area contributed by atoms with Gasteiger partial charge in [-0.15, -0.1) is 0 Å². The van der Waals surface area contributed by atoms with Gasteiger partial charge in [-0.1, -0.05) is 6.92 Å². The first-order valence-electron chi connectivity index (χ1n) is 5.55. The molecule has 0 aliphatic carbocycles. The third kappa shape index (κ3) is 3.23. The van der Waals surface area contributed by atoms with E-state index in [1.165, 1.54) is 6.08 Å². The molecule has 0 heterocycles. The molecule has 0 saturated carbocycles. The van der Waals surface area contributed by atoms with Crippen LogP contribution in [0.1, 0.15) is 36.5 Å². The van der Waals surface area contributed by atoms with Crippen molar-refractivity contribution in [3.05, 3.63) is 34.9 Å². The zero-order valence-corrected chi connectivity index (χ0v) is 10.1. The summed E-state index contributed by atoms with van der Waals surface area (Å²) in [6.45, 7) is 5.91. The first-order valence-corrected chi connectivity index (χ1v) is 5.55. The molecule has 2 heteroatoms. The second-order valence-corrected chi connectivity index (χ2v) is 4.04. The number of phenols is 1. The Morgan fingerprint density at radius 2 is 1.94 bits per heavy atom. The predicted octanol–water partition coefficient (Wildman–Crippen LogP) is 3.39. The average molecular weight is 218 g/mol. The Balaban J connectivity index is 2.89. The summed E-state index contributed by atoms with van der Waals surface area (Å²) in [6, 6.07) is 3.61. The van der Waals surface area contributed by atoms with Crippen LogP contribution in [0, 0.1) is 13.8 Å². The van der Waals surface area contributed by atoms with Crippen molar-refractivity contribution in [3.63, 3.8) is 0 Å². The van der Waals surface area contributed by atoms with E-state index in [1.54, 1.807) is 12.1 Å². The number of benzene rings is 1. The number of rotatable bonds is 4. The van der Waals surface area contributed by atoms with Crippen molar-refractivity contribution in [2.24, 2.45) is 0 Å². The van der Waals surface area contributed by atoms with E-state index in [2.05, 4.69) is 0 Å². The number of allylic oxidation sites excluding steroid dienone is 1. The van der Waals surface area contributed by atoms with Crippen molar-refractivity contribution in [1.29, 1.82) is 0 Å². The van der Waals surface area contributed by atoms with Crippen LogP contribution in [0.4, 0.5) is 0 Å². The van der Waals surface area contributed by atoms with Crippen molar-refractivity contribution in [2.75, 3.05) is 0 Å². The van der Waals surface area contributed by atoms with Crippen LogP contribution < -0.4 is 0 Å². The van der Waals surface area contributed by atoms with E-state index in [9.17, 15) is 9.90 Å². The number of ketones is 1. The van der Waals surface area contributed by atoms with Gasteiger partial charge in [0, 0.05) is 12.0 Å². The molecule has 0 radical (unpaired) electrons. The number of hydrogen-bond donors (Lipinski definition) is 1. The molecule has 0 spiro atoms. The van der Waals surface area contributed by atoms with Crippen LogP contribution >= 0.6 is 0 Å². The predicted molar refractivity (Wildman–Crippen MR) is 66.5 cm³/mol. The molecule has 86 valence electrons. The fraction of sp³-hybridized carbons (Fsp3) is 0.357. The number of aromatic hydroxyl groups is 1. The summed E-state index contributed by atoms with van der Waals surface area (Å²) in [4.78, 5) is 11.3. The van der Waals surface area contributed by atoms with E-state index in [0.717, 1.165) is 17.5 Å². The van der Waals surface area contributed by atoms with Gasteiger partial charge in [0.05, 0.1) is 0 Å². The van der Waals surface area contributed by atoms with Crippen molar-refractivity contribution in [2.45, 2.75) is 33.6 Å². The molecule has 0 aliphatic heterocycles. The molecule has 1 N–H and O–H groups in total. The van der Waals surface area contributed by atoms with Crippen LogP contribution in [0.5, 0.6) is 5.75 Å². The van der Waals surface area contributed by atoms with Crippen molar-refractivity contribution < 1.29 is 9.90 Å². The van der Waals surface area contributed by atoms with Crippen LogP contribution in [0.2, 0.25) is 0 Å². The summed E-state index contributed by atoms with van der Waals surface area (Å²) in [6.07, 6.45) is 4.62. The van der Waals surface area contributed by atoms with Gasteiger partial charge >= 0.3 is 0 Å². The maximum Gasteiger partial charge on any atom is 0.155 e. The zero-order chi connectivity index (χ0) is 12.1. The monoisotopic (exact) mass is 218 g/mol. The van der Waals surface area contributed by atoms with Crippen LogP contribution in [0.15, 0.2) is 18.2 Å². The summed E-state index contributed by atoms with van der Waals surface area (Å²) >= 11 is 0. The standard InChI is InChI=1S/C14H18O2/c1-4-5-13(15)7-6-12-8-10(2)11(3)9-14(12)16/h6-9,16H,4-5H2,1-3H3/b7-6+. The first-order chi connectivity index (χ1) is 7.54. The van der Waals surface area contributed by atoms with Gasteiger partial charge in [-0.2, -0.15) is 0 Å². The lowest BCUT2D eigenvalue weighted by molar-refractivity contribution is -0.114. The number of aryl methyl sites for hydroxylation is 2. The summed E-state index contributed by atoms with van der Waals surface area (Å²) in [7, 11) is 0. The number of carbonyl (C=O) groups is 1. The molecular weight excluding hydrogens is 200 g/mol. The molecule has 16 heavy (non-hydrogen) atoms. The van der Waals surface area contributed by atoms with E-state index < -0.39 is 0 Å². The van der Waals surface area contributed by atoms with Crippen molar-refractivity contribution in [1.82, 2.24) is 0 Å². The minimum Gasteiger partial charge on any atom is -0.507 e. The van der Waals surface area contributed by atoms with Gasteiger partial charge in [-0.25, -0.2) is 0 Å². The van der Waals surface area contributed by atoms with Gasteiger partial charge in [-0.3, -0.25) is 4.79 Å². The lowest BCUT2D eigenvalue weighted by Gasteiger charge is -2.04. The third-order valence-corrected chi connectivity index (χ3v) is 2.59. The van der Waals surface area contributed by atoms with Crippen LogP contribution in [-0.2, 0) is 4.79 Å². The van der Waals surface area contributed by atoms with E-state index in [4.69, 9.17) is 0 Å². The molecule has 2 nitrogen and oxygen atoms in total. The molecule has 1 aromatic rings. The fourth-order valence-corrected chi connectivity index (χ4v) is 1.47. The third-order valence-electron chi connectivity index (χ3n) is 2.59. The first kappa shape index (κ1) is 12.5. The highest BCUT2D eigenvalue weighted by Gasteiger charge is 2.01. The van der Waals surface area contributed by atoms with Crippen LogP contribution in [-0.4, -0.2) is 10.9 Å². The average Bonchev–Trinajstić information content (AvgIpc) is 2.22. The lowest BCUT2D eigenvalue weighted by Crippen LogP contribution is -1.90. The fourth-order valence-electron chi connectivity index (χ4n) is 1.47. The second kappa shape index (κ2) is 5.50. The Bertz CT molecular complexity index is 417. The van der Waals surface area contributed by atoms with Gasteiger partial charge in [0.15, 0.2) is 5.78 Å². The maximum atomic E-state index is 11.3. The minimum absolute atomic E-state index is 0.0973. The van der Waals surface area contributed by atoms with E-state index in [1.807, 2.05) is 26.8 Å². The lowest BCUT2D eigenvalue weighted by atomic mass is 10.0. The normalized spacial score (nSPS) is 10.9. The highest BCUT2D eigenvalue weighted by atomic mass is 16.3. The number of carbonyl (C=O) groups excluding carboxylic acids is 1. The smallest absolute Gasteiger partial charge is 0.155 e. The Labute approximate surface area is 96.6 Å². The highest BCUT2D eigenvalue weighted by molar-refractivity contribution is 5.93. The summed E-state index contributed by atoms with van der Waals surface area (Å²) in [5, 5.41) is 9.70. The molecule has 0 fully saturated rings. The topological polar surface area (TPSA) is 37.3 Å². The summed E-state index contributed by atoms with van der Waals surface area (Å²) < 4.78 is 0. The van der Waals surface area contributed by atoms with E-state index >= 15 is 0 Å². The number of phenolic OH excluding ortho intramolecular Hbond substituents is 1. The Morgan fingerprint density at radius 3 is 2.56 bits per heavy atom. The molecular formula is C14H18O2. The second-order valence-electron chi connectivity index (χ2n) is 4.04. The Kier molecular flexibility index (Phi) is 4.29. The SMILES string of the molecule is CCCC(=O)/C=C/c1cc(C)c(C)cc1O. The molecule has 0 aromatic heterocycles. The van der Waals surface area contributed by atoms with Gasteiger partial charge < -0.3 is 5.11 Å². The minimum atomic E-state index is 0.0973. The molecule has 0 amide bonds. The van der Waals surface area contributed by atoms with E-state index in [-0.39, 0.29) is 11.5 Å².